The van der Waals surface area contributed by atoms with Crippen LogP contribution in [0.25, 0.3) is 0 Å². The lowest BCUT2D eigenvalue weighted by Crippen LogP contribution is -2.22. The van der Waals surface area contributed by atoms with E-state index in [1.54, 1.807) is 14.0 Å². The lowest BCUT2D eigenvalue weighted by molar-refractivity contribution is -0.137. The monoisotopic (exact) mass is 249 g/mol. The van der Waals surface area contributed by atoms with Gasteiger partial charge in [-0.3, -0.25) is 0 Å². The topological polar surface area (TPSA) is 12.0 Å². The maximum absolute atomic E-state index is 13.7. The molecule has 2 unspecified atom stereocenters. The molecule has 0 aromatic heterocycles. The predicted molar refractivity (Wildman–Crippen MR) is 58.4 cm³/mol. The maximum atomic E-state index is 13.7. The minimum atomic E-state index is -4.43. The summed E-state index contributed by atoms with van der Waals surface area (Å²) in [4.78, 5) is 0. The van der Waals surface area contributed by atoms with E-state index in [-0.39, 0.29) is 18.0 Å². The molecule has 0 radical (unpaired) electrons. The number of halogens is 4. The molecule has 0 amide bonds. The standard InChI is InChI=1S/C12H15F4N/c1-8(17-2)6-11(13)9-4-3-5-10(7-9)12(14,15)16/h3-5,7-8,11,17H,6H2,1-2H3. The summed E-state index contributed by atoms with van der Waals surface area (Å²) in [5, 5.41) is 2.85. The van der Waals surface area contributed by atoms with Gasteiger partial charge < -0.3 is 5.32 Å². The molecule has 0 aliphatic rings. The summed E-state index contributed by atoms with van der Waals surface area (Å²) >= 11 is 0. The van der Waals surface area contributed by atoms with Gasteiger partial charge in [0, 0.05) is 6.04 Å². The molecule has 0 aliphatic carbocycles. The van der Waals surface area contributed by atoms with Crippen molar-refractivity contribution in [2.45, 2.75) is 31.7 Å². The Morgan fingerprint density at radius 3 is 2.47 bits per heavy atom. The van der Waals surface area contributed by atoms with E-state index < -0.39 is 17.9 Å². The number of rotatable bonds is 4. The highest BCUT2D eigenvalue weighted by atomic mass is 19.4. The highest BCUT2D eigenvalue weighted by Crippen LogP contribution is 2.32. The number of hydrogen-bond donors (Lipinski definition) is 1. The van der Waals surface area contributed by atoms with Gasteiger partial charge in [0.25, 0.3) is 0 Å². The van der Waals surface area contributed by atoms with Crippen LogP contribution in [0.15, 0.2) is 24.3 Å². The van der Waals surface area contributed by atoms with Crippen LogP contribution in [0.4, 0.5) is 17.6 Å². The van der Waals surface area contributed by atoms with Crippen molar-refractivity contribution in [1.82, 2.24) is 5.32 Å². The molecule has 1 nitrogen and oxygen atoms in total. The summed E-state index contributed by atoms with van der Waals surface area (Å²) in [6.45, 7) is 1.78. The van der Waals surface area contributed by atoms with E-state index in [2.05, 4.69) is 5.32 Å². The molecule has 2 atom stereocenters. The van der Waals surface area contributed by atoms with Gasteiger partial charge in [-0.2, -0.15) is 13.2 Å². The van der Waals surface area contributed by atoms with Crippen molar-refractivity contribution < 1.29 is 17.6 Å². The zero-order chi connectivity index (χ0) is 13.1. The molecular weight excluding hydrogens is 234 g/mol. The van der Waals surface area contributed by atoms with Crippen LogP contribution in [0, 0.1) is 0 Å². The van der Waals surface area contributed by atoms with E-state index >= 15 is 0 Å². The Labute approximate surface area is 97.8 Å². The summed E-state index contributed by atoms with van der Waals surface area (Å²) in [7, 11) is 1.68. The van der Waals surface area contributed by atoms with Crippen molar-refractivity contribution in [1.29, 1.82) is 0 Å². The first-order valence-corrected chi connectivity index (χ1v) is 5.33. The Hall–Kier alpha value is -1.10. The van der Waals surface area contributed by atoms with Crippen LogP contribution in [0.5, 0.6) is 0 Å². The average Bonchev–Trinajstić information content (AvgIpc) is 2.28. The molecule has 0 saturated carbocycles. The Morgan fingerprint density at radius 1 is 1.29 bits per heavy atom. The van der Waals surface area contributed by atoms with Gasteiger partial charge in [-0.1, -0.05) is 12.1 Å². The molecule has 0 bridgehead atoms. The molecule has 0 heterocycles. The molecule has 1 rings (SSSR count). The molecule has 0 spiro atoms. The molecule has 0 saturated heterocycles. The summed E-state index contributed by atoms with van der Waals surface area (Å²) in [6.07, 6.45) is -5.66. The first-order chi connectivity index (χ1) is 7.84. The molecule has 1 N–H and O–H groups in total. The summed E-state index contributed by atoms with van der Waals surface area (Å²) in [5.41, 5.74) is -0.739. The fraction of sp³-hybridized carbons (Fsp3) is 0.500. The Bertz CT molecular complexity index is 362. The third kappa shape index (κ3) is 4.00. The first kappa shape index (κ1) is 14.0. The second-order valence-electron chi connectivity index (χ2n) is 4.02. The Kier molecular flexibility index (Phi) is 4.51. The average molecular weight is 249 g/mol. The number of benzene rings is 1. The van der Waals surface area contributed by atoms with E-state index in [0.29, 0.717) is 0 Å². The van der Waals surface area contributed by atoms with Crippen LogP contribution in [0.3, 0.4) is 0 Å². The van der Waals surface area contributed by atoms with Crippen molar-refractivity contribution in [3.8, 4) is 0 Å². The smallest absolute Gasteiger partial charge is 0.317 e. The molecule has 96 valence electrons. The van der Waals surface area contributed by atoms with Crippen LogP contribution in [-0.2, 0) is 6.18 Å². The molecule has 17 heavy (non-hydrogen) atoms. The minimum Gasteiger partial charge on any atom is -0.317 e. The number of alkyl halides is 4. The Balaban J connectivity index is 2.84. The van der Waals surface area contributed by atoms with Crippen molar-refractivity contribution in [3.63, 3.8) is 0 Å². The number of hydrogen-bond acceptors (Lipinski definition) is 1. The lowest BCUT2D eigenvalue weighted by Gasteiger charge is -2.15. The van der Waals surface area contributed by atoms with Crippen LogP contribution in [0.1, 0.15) is 30.6 Å². The number of nitrogens with one attached hydrogen (secondary N) is 1. The van der Waals surface area contributed by atoms with Gasteiger partial charge in [-0.15, -0.1) is 0 Å². The van der Waals surface area contributed by atoms with Crippen LogP contribution < -0.4 is 5.32 Å². The SMILES string of the molecule is CNC(C)CC(F)c1cccc(C(F)(F)F)c1. The van der Waals surface area contributed by atoms with Gasteiger partial charge in [-0.25, -0.2) is 4.39 Å². The first-order valence-electron chi connectivity index (χ1n) is 5.33. The van der Waals surface area contributed by atoms with Crippen LogP contribution in [-0.4, -0.2) is 13.1 Å². The molecule has 0 aliphatic heterocycles. The van der Waals surface area contributed by atoms with Gasteiger partial charge in [0.2, 0.25) is 0 Å². The summed E-state index contributed by atoms with van der Waals surface area (Å²) in [5.74, 6) is 0. The van der Waals surface area contributed by atoms with Gasteiger partial charge >= 0.3 is 6.18 Å². The van der Waals surface area contributed by atoms with E-state index in [0.717, 1.165) is 12.1 Å². The van der Waals surface area contributed by atoms with Crippen molar-refractivity contribution in [2.75, 3.05) is 7.05 Å². The summed E-state index contributed by atoms with van der Waals surface area (Å²) in [6, 6.07) is 4.33. The fourth-order valence-corrected chi connectivity index (χ4v) is 1.47. The van der Waals surface area contributed by atoms with Crippen LogP contribution in [0.2, 0.25) is 0 Å². The third-order valence-electron chi connectivity index (χ3n) is 2.63. The summed E-state index contributed by atoms with van der Waals surface area (Å²) < 4.78 is 51.0. The van der Waals surface area contributed by atoms with E-state index in [1.165, 1.54) is 12.1 Å². The highest BCUT2D eigenvalue weighted by molar-refractivity contribution is 5.27. The van der Waals surface area contributed by atoms with Gasteiger partial charge in [0.05, 0.1) is 5.56 Å². The molecular formula is C12H15F4N. The van der Waals surface area contributed by atoms with Gasteiger partial charge in [0.15, 0.2) is 0 Å². The normalized spacial score (nSPS) is 15.6. The van der Waals surface area contributed by atoms with E-state index in [9.17, 15) is 17.6 Å². The fourth-order valence-electron chi connectivity index (χ4n) is 1.47. The predicted octanol–water partition coefficient (Wildman–Crippen LogP) is 3.71. The molecule has 1 aromatic rings. The van der Waals surface area contributed by atoms with Gasteiger partial charge in [0.1, 0.15) is 6.17 Å². The van der Waals surface area contributed by atoms with Crippen LogP contribution >= 0.6 is 0 Å². The molecule has 1 aromatic carbocycles. The lowest BCUT2D eigenvalue weighted by atomic mass is 10.0. The second kappa shape index (κ2) is 5.49. The van der Waals surface area contributed by atoms with E-state index in [4.69, 9.17) is 0 Å². The zero-order valence-corrected chi connectivity index (χ0v) is 9.68. The quantitative estimate of drug-likeness (QED) is 0.802. The highest BCUT2D eigenvalue weighted by Gasteiger charge is 2.31. The van der Waals surface area contributed by atoms with E-state index in [1.807, 2.05) is 0 Å². The van der Waals surface area contributed by atoms with Crippen molar-refractivity contribution >= 4 is 0 Å². The van der Waals surface area contributed by atoms with Crippen molar-refractivity contribution in [3.05, 3.63) is 35.4 Å². The molecule has 5 heteroatoms. The van der Waals surface area contributed by atoms with Crippen molar-refractivity contribution in [2.24, 2.45) is 0 Å². The molecule has 0 fully saturated rings. The van der Waals surface area contributed by atoms with Gasteiger partial charge in [-0.05, 0) is 38.1 Å². The maximum Gasteiger partial charge on any atom is 0.416 e. The second-order valence-corrected chi connectivity index (χ2v) is 4.02. The zero-order valence-electron chi connectivity index (χ0n) is 9.68. The minimum absolute atomic E-state index is 0.0712. The Morgan fingerprint density at radius 2 is 1.94 bits per heavy atom. The third-order valence-corrected chi connectivity index (χ3v) is 2.63. The largest absolute Gasteiger partial charge is 0.416 e.